The molecule has 0 radical (unpaired) electrons. The molecule has 13 nitrogen and oxygen atoms in total. The second-order valence-corrected chi connectivity index (χ2v) is 6.14. The number of fused-ring (bicyclic) bond motifs is 1. The Morgan fingerprint density at radius 3 is 2.88 bits per heavy atom. The van der Waals surface area contributed by atoms with Gasteiger partial charge < -0.3 is 39.6 Å². The lowest BCUT2D eigenvalue weighted by Gasteiger charge is -2.34. The fourth-order valence-electron chi connectivity index (χ4n) is 2.49. The highest BCUT2D eigenvalue weighted by molar-refractivity contribution is 7.43. The number of aromatic amines is 1. The molecule has 5 N–H and O–H groups in total. The van der Waals surface area contributed by atoms with Crippen LogP contribution in [0.5, 0.6) is 0 Å². The summed E-state index contributed by atoms with van der Waals surface area (Å²) in [4.78, 5) is 39.5. The first-order valence-electron chi connectivity index (χ1n) is 6.59. The predicted octanol–water partition coefficient (Wildman–Crippen LogP) is -3.83. The first kappa shape index (κ1) is 17.0. The number of nitrogens with two attached hydrogens (primary N) is 1. The Balaban J connectivity index is 2.01. The quantitative estimate of drug-likeness (QED) is 0.387. The van der Waals surface area contributed by atoms with Crippen LogP contribution in [0.25, 0.3) is 11.0 Å². The lowest BCUT2D eigenvalue weighted by atomic mass is 10.1. The van der Waals surface area contributed by atoms with E-state index in [0.29, 0.717) is 0 Å². The first-order chi connectivity index (χ1) is 11.2. The third-order valence-electron chi connectivity index (χ3n) is 3.46. The van der Waals surface area contributed by atoms with Crippen molar-refractivity contribution in [1.29, 1.82) is 0 Å². The number of anilines is 1. The second kappa shape index (κ2) is 5.89. The summed E-state index contributed by atoms with van der Waals surface area (Å²) in [7, 11) is -5.44. The SMILES string of the molecule is Nc1nc2c(cnn2[C@@H]2O[C@H](CO)C(OP(=O)([O-])[O-])C2O)c(=O)[nH]1. The number of H-pyrrole nitrogens is 1. The van der Waals surface area contributed by atoms with Gasteiger partial charge in [-0.1, -0.05) is 0 Å². The molecule has 1 aliphatic heterocycles. The van der Waals surface area contributed by atoms with E-state index in [0.717, 1.165) is 10.9 Å². The molecule has 0 spiro atoms. The van der Waals surface area contributed by atoms with E-state index in [1.807, 2.05) is 0 Å². The highest BCUT2D eigenvalue weighted by Gasteiger charge is 2.46. The number of aliphatic hydroxyl groups excluding tert-OH is 2. The van der Waals surface area contributed by atoms with Crippen LogP contribution in [0.15, 0.2) is 11.0 Å². The molecule has 1 aliphatic rings. The summed E-state index contributed by atoms with van der Waals surface area (Å²) in [6.07, 6.45) is -4.84. The maximum atomic E-state index is 11.8. The average Bonchev–Trinajstić information content (AvgIpc) is 3.00. The van der Waals surface area contributed by atoms with Crippen LogP contribution in [-0.4, -0.2) is 54.9 Å². The molecule has 0 bridgehead atoms. The van der Waals surface area contributed by atoms with Crippen LogP contribution < -0.4 is 21.1 Å². The minimum absolute atomic E-state index is 0.0370. The highest BCUT2D eigenvalue weighted by Crippen LogP contribution is 2.39. The summed E-state index contributed by atoms with van der Waals surface area (Å²) in [5.74, 6) is -0.211. The largest absolute Gasteiger partial charge is 0.790 e. The Labute approximate surface area is 132 Å². The number of hydrogen-bond acceptors (Lipinski definition) is 11. The van der Waals surface area contributed by atoms with E-state index in [4.69, 9.17) is 10.5 Å². The number of rotatable bonds is 4. The fourth-order valence-corrected chi connectivity index (χ4v) is 3.05. The molecule has 132 valence electrons. The van der Waals surface area contributed by atoms with E-state index < -0.39 is 44.5 Å². The van der Waals surface area contributed by atoms with E-state index in [1.54, 1.807) is 0 Å². The number of nitrogens with zero attached hydrogens (tertiary/aromatic N) is 3. The summed E-state index contributed by atoms with van der Waals surface area (Å²) >= 11 is 0. The van der Waals surface area contributed by atoms with Gasteiger partial charge in [0.05, 0.1) is 20.6 Å². The van der Waals surface area contributed by atoms with E-state index in [2.05, 4.69) is 19.6 Å². The Morgan fingerprint density at radius 1 is 1.54 bits per heavy atom. The van der Waals surface area contributed by atoms with Crippen LogP contribution in [0.3, 0.4) is 0 Å². The highest BCUT2D eigenvalue weighted by atomic mass is 31.2. The fraction of sp³-hybridized carbons (Fsp3) is 0.500. The molecule has 2 aromatic heterocycles. The van der Waals surface area contributed by atoms with E-state index in [-0.39, 0.29) is 17.0 Å². The molecular formula is C10H12N5O8P-2. The van der Waals surface area contributed by atoms with Crippen molar-refractivity contribution in [3.05, 3.63) is 16.6 Å². The number of aromatic nitrogens is 4. The van der Waals surface area contributed by atoms with Crippen molar-refractivity contribution < 1.29 is 33.8 Å². The van der Waals surface area contributed by atoms with Crippen LogP contribution >= 0.6 is 7.82 Å². The molecule has 0 saturated carbocycles. The van der Waals surface area contributed by atoms with Gasteiger partial charge in [0.2, 0.25) is 5.95 Å². The Hall–Kier alpha value is -1.86. The Bertz CT molecular complexity index is 861. The molecule has 0 amide bonds. The third-order valence-corrected chi connectivity index (χ3v) is 3.96. The van der Waals surface area contributed by atoms with E-state index in [9.17, 15) is 29.4 Å². The molecule has 4 atom stereocenters. The number of phosphoric ester groups is 1. The lowest BCUT2D eigenvalue weighted by molar-refractivity contribution is -0.347. The monoisotopic (exact) mass is 361 g/mol. The van der Waals surface area contributed by atoms with Crippen molar-refractivity contribution in [1.82, 2.24) is 19.7 Å². The maximum Gasteiger partial charge on any atom is 0.263 e. The predicted molar refractivity (Wildman–Crippen MR) is 72.0 cm³/mol. The van der Waals surface area contributed by atoms with Crippen LogP contribution in [0.4, 0.5) is 5.95 Å². The zero-order valence-electron chi connectivity index (χ0n) is 11.8. The normalized spacial score (nSPS) is 27.8. The number of nitrogens with one attached hydrogen (secondary N) is 1. The number of aliphatic hydroxyl groups is 2. The van der Waals surface area contributed by atoms with Crippen molar-refractivity contribution in [3.63, 3.8) is 0 Å². The number of ether oxygens (including phenoxy) is 1. The van der Waals surface area contributed by atoms with Gasteiger partial charge in [0.1, 0.15) is 23.7 Å². The molecule has 3 rings (SSSR count). The zero-order chi connectivity index (χ0) is 17.6. The van der Waals surface area contributed by atoms with Crippen LogP contribution in [0, 0.1) is 0 Å². The van der Waals surface area contributed by atoms with Crippen LogP contribution in [-0.2, 0) is 13.8 Å². The van der Waals surface area contributed by atoms with Gasteiger partial charge in [0, 0.05) is 0 Å². The Kier molecular flexibility index (Phi) is 4.17. The molecule has 3 heterocycles. The summed E-state index contributed by atoms with van der Waals surface area (Å²) in [6, 6.07) is 0. The van der Waals surface area contributed by atoms with Crippen molar-refractivity contribution in [2.24, 2.45) is 0 Å². The average molecular weight is 361 g/mol. The Morgan fingerprint density at radius 2 is 2.25 bits per heavy atom. The van der Waals surface area contributed by atoms with Crippen LogP contribution in [0.1, 0.15) is 6.23 Å². The van der Waals surface area contributed by atoms with Crippen LogP contribution in [0.2, 0.25) is 0 Å². The van der Waals surface area contributed by atoms with Gasteiger partial charge in [-0.05, 0) is 0 Å². The number of hydrogen-bond donors (Lipinski definition) is 4. The van der Waals surface area contributed by atoms with Gasteiger partial charge in [0.15, 0.2) is 11.9 Å². The van der Waals surface area contributed by atoms with Gasteiger partial charge in [-0.25, -0.2) is 4.68 Å². The molecule has 2 aromatic rings. The van der Waals surface area contributed by atoms with Gasteiger partial charge >= 0.3 is 0 Å². The number of nitrogen functional groups attached to an aromatic ring is 1. The van der Waals surface area contributed by atoms with Gasteiger partial charge in [-0.15, -0.1) is 0 Å². The standard InChI is InChI=1S/C10H14N5O8P/c11-10-13-7-3(8(18)14-10)1-12-15(7)9-5(17)6(4(2-16)22-9)23-24(19,20)21/h1,4-6,9,16-17H,2H2,(H2,19,20,21)(H3,11,13,14,18)/p-2/t4-,5?,6?,9-/m1/s1. The lowest BCUT2D eigenvalue weighted by Crippen LogP contribution is -2.38. The summed E-state index contributed by atoms with van der Waals surface area (Å²) in [6.45, 7) is -0.729. The minimum Gasteiger partial charge on any atom is -0.790 e. The molecular weight excluding hydrogens is 349 g/mol. The topological polar surface area (TPSA) is 212 Å². The maximum absolute atomic E-state index is 11.8. The van der Waals surface area contributed by atoms with Crippen molar-refractivity contribution in [3.8, 4) is 0 Å². The molecule has 1 saturated heterocycles. The van der Waals surface area contributed by atoms with Crippen molar-refractivity contribution >= 4 is 24.8 Å². The summed E-state index contributed by atoms with van der Waals surface area (Å²) in [5, 5.41) is 23.4. The van der Waals surface area contributed by atoms with Gasteiger partial charge in [-0.2, -0.15) is 10.1 Å². The molecule has 2 unspecified atom stereocenters. The summed E-state index contributed by atoms with van der Waals surface area (Å²) < 4.78 is 21.3. The van der Waals surface area contributed by atoms with Crippen molar-refractivity contribution in [2.45, 2.75) is 24.5 Å². The van der Waals surface area contributed by atoms with E-state index >= 15 is 0 Å². The molecule has 0 aromatic carbocycles. The smallest absolute Gasteiger partial charge is 0.263 e. The molecule has 24 heavy (non-hydrogen) atoms. The summed E-state index contributed by atoms with van der Waals surface area (Å²) in [5.41, 5.74) is 4.84. The number of phosphoric acid groups is 1. The van der Waals surface area contributed by atoms with Crippen molar-refractivity contribution in [2.75, 3.05) is 12.3 Å². The third kappa shape index (κ3) is 2.93. The molecule has 1 fully saturated rings. The molecule has 0 aliphatic carbocycles. The zero-order valence-corrected chi connectivity index (χ0v) is 12.7. The van der Waals surface area contributed by atoms with E-state index in [1.165, 1.54) is 0 Å². The first-order valence-corrected chi connectivity index (χ1v) is 8.05. The van der Waals surface area contributed by atoms with Gasteiger partial charge in [0.25, 0.3) is 5.56 Å². The second-order valence-electron chi connectivity index (χ2n) is 5.03. The molecule has 14 heteroatoms. The minimum atomic E-state index is -5.44. The van der Waals surface area contributed by atoms with Gasteiger partial charge in [-0.3, -0.25) is 9.78 Å².